The minimum absolute atomic E-state index is 0. The average molecular weight is 603 g/mol. The number of ether oxygens (including phenoxy) is 1. The number of sulfone groups is 1. The Morgan fingerprint density at radius 3 is 2.42 bits per heavy atom. The Labute approximate surface area is 244 Å². The molecular formula is C30H30Cl2FN3O3S. The zero-order valence-electron chi connectivity index (χ0n) is 22.2. The van der Waals surface area contributed by atoms with Crippen LogP contribution < -0.4 is 4.74 Å². The Kier molecular flexibility index (Phi) is 9.36. The van der Waals surface area contributed by atoms with E-state index in [1.807, 2.05) is 30.3 Å². The number of hydrogen-bond acceptors (Lipinski definition) is 5. The van der Waals surface area contributed by atoms with Gasteiger partial charge in [-0.1, -0.05) is 74.0 Å². The van der Waals surface area contributed by atoms with Gasteiger partial charge in [-0.15, -0.1) is 12.4 Å². The number of hydrogen-bond donors (Lipinski definition) is 0. The molecule has 40 heavy (non-hydrogen) atoms. The fraction of sp³-hybridized carbons (Fsp3) is 0.233. The molecule has 0 fully saturated rings. The van der Waals surface area contributed by atoms with Crippen LogP contribution in [0.4, 0.5) is 4.39 Å². The number of aromatic nitrogens is 2. The van der Waals surface area contributed by atoms with Gasteiger partial charge in [0.15, 0.2) is 5.03 Å². The molecule has 6 nitrogen and oxygen atoms in total. The van der Waals surface area contributed by atoms with Gasteiger partial charge in [0.2, 0.25) is 9.84 Å². The zero-order valence-corrected chi connectivity index (χ0v) is 24.6. The summed E-state index contributed by atoms with van der Waals surface area (Å²) in [5, 5.41) is 6.43. The second-order valence-electron chi connectivity index (χ2n) is 9.25. The van der Waals surface area contributed by atoms with E-state index in [0.717, 1.165) is 24.0 Å². The minimum Gasteiger partial charge on any atom is -0.490 e. The van der Waals surface area contributed by atoms with Crippen LogP contribution in [0.5, 0.6) is 5.75 Å². The highest BCUT2D eigenvalue weighted by molar-refractivity contribution is 7.91. The lowest BCUT2D eigenvalue weighted by Gasteiger charge is -2.18. The van der Waals surface area contributed by atoms with E-state index in [-0.39, 0.29) is 40.0 Å². The number of likely N-dealkylation sites (N-methyl/N-ethyl adjacent to an activating group) is 1. The van der Waals surface area contributed by atoms with Crippen molar-refractivity contribution in [2.75, 3.05) is 26.2 Å². The topological polar surface area (TPSA) is 64.4 Å². The van der Waals surface area contributed by atoms with Crippen LogP contribution in [-0.2, 0) is 16.4 Å². The molecule has 1 heterocycles. The molecule has 0 saturated heterocycles. The highest BCUT2D eigenvalue weighted by atomic mass is 35.5. The largest absolute Gasteiger partial charge is 0.490 e. The highest BCUT2D eigenvalue weighted by Gasteiger charge is 2.29. The summed E-state index contributed by atoms with van der Waals surface area (Å²) in [5.41, 5.74) is 1.23. The Bertz CT molecular complexity index is 1750. The van der Waals surface area contributed by atoms with Crippen molar-refractivity contribution < 1.29 is 17.5 Å². The van der Waals surface area contributed by atoms with Crippen molar-refractivity contribution in [2.24, 2.45) is 0 Å². The van der Waals surface area contributed by atoms with E-state index in [9.17, 15) is 12.8 Å². The first-order valence-electron chi connectivity index (χ1n) is 12.8. The number of rotatable bonds is 10. The van der Waals surface area contributed by atoms with Crippen molar-refractivity contribution in [3.05, 3.63) is 95.3 Å². The van der Waals surface area contributed by atoms with Crippen molar-refractivity contribution in [3.63, 3.8) is 0 Å². The van der Waals surface area contributed by atoms with E-state index in [4.69, 9.17) is 16.3 Å². The van der Waals surface area contributed by atoms with E-state index in [1.54, 1.807) is 41.1 Å². The van der Waals surface area contributed by atoms with Gasteiger partial charge in [0, 0.05) is 28.4 Å². The fourth-order valence-electron chi connectivity index (χ4n) is 4.81. The molecule has 0 spiro atoms. The summed E-state index contributed by atoms with van der Waals surface area (Å²) in [4.78, 5) is 2.30. The van der Waals surface area contributed by atoms with Crippen LogP contribution in [0.1, 0.15) is 19.4 Å². The lowest BCUT2D eigenvalue weighted by Crippen LogP contribution is -2.28. The lowest BCUT2D eigenvalue weighted by atomic mass is 10.1. The van der Waals surface area contributed by atoms with Gasteiger partial charge in [-0.3, -0.25) is 4.68 Å². The monoisotopic (exact) mass is 601 g/mol. The molecule has 5 rings (SSSR count). The van der Waals surface area contributed by atoms with E-state index < -0.39 is 15.7 Å². The number of fused-ring (bicyclic) bond motifs is 2. The van der Waals surface area contributed by atoms with Crippen molar-refractivity contribution in [3.8, 4) is 5.75 Å². The Hall–Kier alpha value is -3.17. The summed E-state index contributed by atoms with van der Waals surface area (Å²) in [6.45, 7) is 7.03. The lowest BCUT2D eigenvalue weighted by molar-refractivity contribution is 0.223. The van der Waals surface area contributed by atoms with Gasteiger partial charge in [-0.05, 0) is 48.3 Å². The van der Waals surface area contributed by atoms with Gasteiger partial charge in [-0.2, -0.15) is 5.10 Å². The first-order valence-corrected chi connectivity index (χ1v) is 14.7. The second kappa shape index (κ2) is 12.6. The third-order valence-electron chi connectivity index (χ3n) is 6.81. The standard InChI is InChI=1S/C30H29ClFN3O3S.ClH/c1-3-34(4-2)15-16-38-27-19-24(32)18-26-29(27)35(20-21-9-7-12-23(31)17-21)33-30(26)39(36,37)28-14-8-11-22-10-5-6-13-25(22)28;/h5-14,17-19H,3-4,15-16,20H2,1-2H3;1H. The normalized spacial score (nSPS) is 11.7. The highest BCUT2D eigenvalue weighted by Crippen LogP contribution is 2.36. The van der Waals surface area contributed by atoms with E-state index in [2.05, 4.69) is 23.8 Å². The molecule has 0 saturated carbocycles. The summed E-state index contributed by atoms with van der Waals surface area (Å²) in [6, 6.07) is 22.1. The molecule has 5 aromatic rings. The summed E-state index contributed by atoms with van der Waals surface area (Å²) in [5.74, 6) is -0.358. The van der Waals surface area contributed by atoms with Crippen LogP contribution in [0.3, 0.4) is 0 Å². The maximum atomic E-state index is 15.0. The molecule has 210 valence electrons. The Morgan fingerprint density at radius 1 is 0.950 bits per heavy atom. The SMILES string of the molecule is CCN(CC)CCOc1cc(F)cc2c(S(=O)(=O)c3cccc4ccccc34)nn(Cc3cccc(Cl)c3)c12.Cl. The van der Waals surface area contributed by atoms with Crippen LogP contribution in [-0.4, -0.2) is 49.3 Å². The maximum absolute atomic E-state index is 15.0. The molecule has 0 atom stereocenters. The summed E-state index contributed by atoms with van der Waals surface area (Å²) in [6.07, 6.45) is 0. The van der Waals surface area contributed by atoms with Crippen LogP contribution in [0.2, 0.25) is 5.02 Å². The molecule has 0 aliphatic rings. The predicted molar refractivity (Wildman–Crippen MR) is 160 cm³/mol. The molecular weight excluding hydrogens is 572 g/mol. The van der Waals surface area contributed by atoms with Gasteiger partial charge in [0.25, 0.3) is 0 Å². The number of nitrogens with zero attached hydrogens (tertiary/aromatic N) is 3. The molecule has 1 aromatic heterocycles. The van der Waals surface area contributed by atoms with Crippen LogP contribution in [0.15, 0.2) is 88.8 Å². The molecule has 0 radical (unpaired) electrons. The molecule has 10 heteroatoms. The molecule has 4 aromatic carbocycles. The van der Waals surface area contributed by atoms with Crippen LogP contribution >= 0.6 is 24.0 Å². The van der Waals surface area contributed by atoms with Crippen LogP contribution in [0.25, 0.3) is 21.7 Å². The van der Waals surface area contributed by atoms with E-state index >= 15 is 0 Å². The van der Waals surface area contributed by atoms with Crippen molar-refractivity contribution in [2.45, 2.75) is 30.3 Å². The number of benzene rings is 4. The quantitative estimate of drug-likeness (QED) is 0.172. The van der Waals surface area contributed by atoms with Crippen LogP contribution in [0, 0.1) is 5.82 Å². The average Bonchev–Trinajstić information content (AvgIpc) is 3.29. The van der Waals surface area contributed by atoms with Gasteiger partial charge < -0.3 is 9.64 Å². The molecule has 0 unspecified atom stereocenters. The molecule has 0 aliphatic heterocycles. The molecule has 0 bridgehead atoms. The smallest absolute Gasteiger partial charge is 0.226 e. The molecule has 0 N–H and O–H groups in total. The van der Waals surface area contributed by atoms with Gasteiger partial charge in [-0.25, -0.2) is 12.8 Å². The van der Waals surface area contributed by atoms with Gasteiger partial charge >= 0.3 is 0 Å². The van der Waals surface area contributed by atoms with Gasteiger partial charge in [0.1, 0.15) is 23.7 Å². The Morgan fingerprint density at radius 2 is 1.68 bits per heavy atom. The third kappa shape index (κ3) is 5.95. The fourth-order valence-corrected chi connectivity index (χ4v) is 6.61. The second-order valence-corrected chi connectivity index (χ2v) is 11.5. The summed E-state index contributed by atoms with van der Waals surface area (Å²) < 4.78 is 50.9. The maximum Gasteiger partial charge on any atom is 0.226 e. The minimum atomic E-state index is -4.14. The molecule has 0 amide bonds. The van der Waals surface area contributed by atoms with Crippen molar-refractivity contribution >= 4 is 55.5 Å². The van der Waals surface area contributed by atoms with E-state index in [1.165, 1.54) is 12.1 Å². The first-order chi connectivity index (χ1) is 18.8. The molecule has 0 aliphatic carbocycles. The summed E-state index contributed by atoms with van der Waals surface area (Å²) in [7, 11) is -4.14. The van der Waals surface area contributed by atoms with Gasteiger partial charge in [0.05, 0.1) is 11.4 Å². The predicted octanol–water partition coefficient (Wildman–Crippen LogP) is 7.01. The first kappa shape index (κ1) is 29.8. The third-order valence-corrected chi connectivity index (χ3v) is 8.80. The summed E-state index contributed by atoms with van der Waals surface area (Å²) >= 11 is 6.22. The van der Waals surface area contributed by atoms with E-state index in [0.29, 0.717) is 29.1 Å². The Balaban J connectivity index is 0.00000370. The van der Waals surface area contributed by atoms with Crippen molar-refractivity contribution in [1.29, 1.82) is 0 Å². The van der Waals surface area contributed by atoms with Crippen molar-refractivity contribution in [1.82, 2.24) is 14.7 Å². The zero-order chi connectivity index (χ0) is 27.6. The number of halogens is 3.